The van der Waals surface area contributed by atoms with Gasteiger partial charge in [-0.1, -0.05) is 77.3 Å². The summed E-state index contributed by atoms with van der Waals surface area (Å²) >= 11 is 0. The van der Waals surface area contributed by atoms with E-state index in [4.69, 9.17) is 9.57 Å². The molecule has 10 nitrogen and oxygen atoms in total. The Morgan fingerprint density at radius 2 is 1.72 bits per heavy atom. The molecule has 0 aromatic heterocycles. The molecule has 3 N–H and O–H groups in total. The summed E-state index contributed by atoms with van der Waals surface area (Å²) in [7, 11) is -3.25. The van der Waals surface area contributed by atoms with Crippen molar-refractivity contribution in [1.82, 2.24) is 15.3 Å². The van der Waals surface area contributed by atoms with Crippen LogP contribution >= 0.6 is 0 Å². The van der Waals surface area contributed by atoms with Crippen molar-refractivity contribution in [3.05, 3.63) is 90.0 Å². The summed E-state index contributed by atoms with van der Waals surface area (Å²) in [5.74, 6) is -1.31. The third-order valence-electron chi connectivity index (χ3n) is 6.18. The van der Waals surface area contributed by atoms with E-state index in [1.54, 1.807) is 26.0 Å². The average molecular weight is 558 g/mol. The normalized spacial score (nSPS) is 18.1. The predicted molar refractivity (Wildman–Crippen MR) is 146 cm³/mol. The Morgan fingerprint density at radius 1 is 1.08 bits per heavy atom. The Balaban J connectivity index is 1.83. The molecule has 2 amide bonds. The van der Waals surface area contributed by atoms with Crippen molar-refractivity contribution >= 4 is 27.4 Å². The monoisotopic (exact) mass is 557 g/mol. The summed E-state index contributed by atoms with van der Waals surface area (Å²) in [5, 5.41) is 12.1. The van der Waals surface area contributed by atoms with Crippen molar-refractivity contribution in [2.45, 2.75) is 50.2 Å². The first-order valence-corrected chi connectivity index (χ1v) is 14.0. The molecular formula is C28H35N3O7S. The summed E-state index contributed by atoms with van der Waals surface area (Å²) in [6.45, 7) is 3.18. The minimum absolute atomic E-state index is 0.0498. The van der Waals surface area contributed by atoms with Gasteiger partial charge < -0.3 is 10.1 Å². The number of benzene rings is 2. The number of amides is 2. The van der Waals surface area contributed by atoms with E-state index in [-0.39, 0.29) is 31.7 Å². The largest absolute Gasteiger partial charge is 0.357 e. The molecule has 210 valence electrons. The average Bonchev–Trinajstić information content (AvgIpc) is 2.94. The number of nitrogens with zero attached hydrogens (tertiary/aromatic N) is 1. The molecule has 2 aromatic carbocycles. The van der Waals surface area contributed by atoms with Crippen LogP contribution in [0.25, 0.3) is 5.57 Å². The molecule has 0 fully saturated rings. The first-order valence-electron chi connectivity index (χ1n) is 12.6. The van der Waals surface area contributed by atoms with Gasteiger partial charge in [0.1, 0.15) is 6.04 Å². The Bertz CT molecular complexity index is 1280. The van der Waals surface area contributed by atoms with E-state index in [2.05, 4.69) is 5.32 Å². The fraction of sp³-hybridized carbons (Fsp3) is 0.357. The standard InChI is InChI=1S/C28H35N3O7S/c1-21(2)38-31(25(27(33)30-34)16-19-29-26(32)20-22-10-6-4-7-11-22)39(35,36)28(37-3)17-14-24(15-18-28)23-12-8-5-9-13-23/h4-15,17,21,25,34H,16,18-20H2,1-3H3,(H,29,32)(H,30,33). The van der Waals surface area contributed by atoms with Gasteiger partial charge in [0.2, 0.25) is 10.8 Å². The Hall–Kier alpha value is -3.35. The third-order valence-corrected chi connectivity index (χ3v) is 8.34. The van der Waals surface area contributed by atoms with E-state index >= 15 is 0 Å². The smallest absolute Gasteiger partial charge is 0.270 e. The lowest BCUT2D eigenvalue weighted by Crippen LogP contribution is -2.57. The van der Waals surface area contributed by atoms with Crippen molar-refractivity contribution in [3.8, 4) is 0 Å². The van der Waals surface area contributed by atoms with Gasteiger partial charge in [0.05, 0.1) is 12.5 Å². The van der Waals surface area contributed by atoms with Crippen LogP contribution in [0.15, 0.2) is 78.9 Å². The van der Waals surface area contributed by atoms with E-state index in [9.17, 15) is 23.2 Å². The molecule has 2 atom stereocenters. The zero-order valence-electron chi connectivity index (χ0n) is 22.2. The quantitative estimate of drug-likeness (QED) is 0.255. The second-order valence-electron chi connectivity index (χ2n) is 9.29. The number of sulfonamides is 1. The van der Waals surface area contributed by atoms with Crippen molar-refractivity contribution in [2.75, 3.05) is 13.7 Å². The summed E-state index contributed by atoms with van der Waals surface area (Å²) in [4.78, 5) is 28.9. The van der Waals surface area contributed by atoms with Crippen LogP contribution in [-0.4, -0.2) is 60.6 Å². The van der Waals surface area contributed by atoms with Gasteiger partial charge in [-0.2, -0.15) is 0 Å². The van der Waals surface area contributed by atoms with E-state index in [1.165, 1.54) is 18.7 Å². The lowest BCUT2D eigenvalue weighted by Gasteiger charge is -2.38. The minimum Gasteiger partial charge on any atom is -0.357 e. The van der Waals surface area contributed by atoms with Gasteiger partial charge in [0.15, 0.2) is 0 Å². The summed E-state index contributed by atoms with van der Waals surface area (Å²) in [5.41, 5.74) is 4.06. The second kappa shape index (κ2) is 13.6. The molecule has 2 aromatic rings. The van der Waals surface area contributed by atoms with Gasteiger partial charge in [0, 0.05) is 20.1 Å². The molecule has 11 heteroatoms. The molecule has 0 bridgehead atoms. The molecule has 2 unspecified atom stereocenters. The number of hydrogen-bond donors (Lipinski definition) is 3. The highest BCUT2D eigenvalue weighted by molar-refractivity contribution is 7.90. The van der Waals surface area contributed by atoms with E-state index < -0.39 is 33.0 Å². The van der Waals surface area contributed by atoms with Gasteiger partial charge in [0.25, 0.3) is 15.9 Å². The summed E-state index contributed by atoms with van der Waals surface area (Å²) < 4.78 is 34.3. The van der Waals surface area contributed by atoms with Gasteiger partial charge in [-0.3, -0.25) is 19.6 Å². The maximum atomic E-state index is 14.1. The minimum atomic E-state index is -4.52. The number of hydroxylamine groups is 2. The Morgan fingerprint density at radius 3 is 2.26 bits per heavy atom. The first-order chi connectivity index (χ1) is 18.6. The number of allylic oxidation sites excluding steroid dienone is 2. The van der Waals surface area contributed by atoms with Crippen LogP contribution in [0.2, 0.25) is 0 Å². The van der Waals surface area contributed by atoms with E-state index in [1.807, 2.05) is 60.7 Å². The summed E-state index contributed by atoms with van der Waals surface area (Å²) in [6.07, 6.45) is 4.08. The highest BCUT2D eigenvalue weighted by atomic mass is 32.2. The molecular weight excluding hydrogens is 522 g/mol. The molecule has 0 radical (unpaired) electrons. The number of carbonyl (C=O) groups excluding carboxylic acids is 2. The van der Waals surface area contributed by atoms with Gasteiger partial charge in [-0.25, -0.2) is 13.9 Å². The lowest BCUT2D eigenvalue weighted by molar-refractivity contribution is -0.169. The highest BCUT2D eigenvalue weighted by Crippen LogP contribution is 2.36. The first kappa shape index (κ1) is 30.2. The molecule has 0 saturated heterocycles. The lowest BCUT2D eigenvalue weighted by atomic mass is 9.98. The molecule has 0 saturated carbocycles. The number of rotatable bonds is 13. The van der Waals surface area contributed by atoms with E-state index in [0.29, 0.717) is 4.47 Å². The van der Waals surface area contributed by atoms with Crippen LogP contribution in [0, 0.1) is 0 Å². The predicted octanol–water partition coefficient (Wildman–Crippen LogP) is 2.97. The molecule has 1 aliphatic rings. The fourth-order valence-electron chi connectivity index (χ4n) is 4.15. The number of carbonyl (C=O) groups is 2. The van der Waals surface area contributed by atoms with Gasteiger partial charge >= 0.3 is 0 Å². The third kappa shape index (κ3) is 7.40. The zero-order valence-corrected chi connectivity index (χ0v) is 23.1. The van der Waals surface area contributed by atoms with Gasteiger partial charge in [-0.15, -0.1) is 0 Å². The SMILES string of the molecule is COC1(S(=O)(=O)N(OC(C)C)C(CCNC(=O)Cc2ccccc2)C(=O)NO)C=CC(c2ccccc2)=CC1. The molecule has 39 heavy (non-hydrogen) atoms. The topological polar surface area (TPSA) is 134 Å². The number of nitrogens with one attached hydrogen (secondary N) is 2. The maximum Gasteiger partial charge on any atom is 0.270 e. The fourth-order valence-corrected chi connectivity index (χ4v) is 6.03. The van der Waals surface area contributed by atoms with Crippen LogP contribution < -0.4 is 10.8 Å². The van der Waals surface area contributed by atoms with Crippen molar-refractivity contribution in [2.24, 2.45) is 0 Å². The second-order valence-corrected chi connectivity index (χ2v) is 11.3. The maximum absolute atomic E-state index is 14.1. The van der Waals surface area contributed by atoms with Crippen LogP contribution in [0.1, 0.15) is 37.8 Å². The number of methoxy groups -OCH3 is 1. The Kier molecular flexibility index (Phi) is 10.6. The molecule has 3 rings (SSSR count). The van der Waals surface area contributed by atoms with Crippen LogP contribution in [-0.2, 0) is 35.6 Å². The number of hydrogen-bond acceptors (Lipinski definition) is 7. The van der Waals surface area contributed by atoms with Crippen LogP contribution in [0.3, 0.4) is 0 Å². The van der Waals surface area contributed by atoms with Crippen molar-refractivity contribution in [3.63, 3.8) is 0 Å². The highest BCUT2D eigenvalue weighted by Gasteiger charge is 2.51. The Labute approximate surface area is 229 Å². The summed E-state index contributed by atoms with van der Waals surface area (Å²) in [6, 6.07) is 17.1. The number of ether oxygens (including phenoxy) is 1. The molecule has 0 heterocycles. The van der Waals surface area contributed by atoms with E-state index in [0.717, 1.165) is 16.7 Å². The van der Waals surface area contributed by atoms with Crippen molar-refractivity contribution < 1.29 is 32.8 Å². The van der Waals surface area contributed by atoms with Crippen LogP contribution in [0.4, 0.5) is 0 Å². The molecule has 0 spiro atoms. The zero-order chi connectivity index (χ0) is 28.5. The molecule has 0 aliphatic heterocycles. The van der Waals surface area contributed by atoms with Crippen molar-refractivity contribution in [1.29, 1.82) is 0 Å². The van der Waals surface area contributed by atoms with Crippen LogP contribution in [0.5, 0.6) is 0 Å². The molecule has 1 aliphatic carbocycles. The van der Waals surface area contributed by atoms with Gasteiger partial charge in [-0.05, 0) is 43.0 Å².